The Balaban J connectivity index is 1.42. The summed E-state index contributed by atoms with van der Waals surface area (Å²) in [4.78, 5) is 29.7. The summed E-state index contributed by atoms with van der Waals surface area (Å²) < 4.78 is 10.5. The van der Waals surface area contributed by atoms with Crippen LogP contribution in [0.5, 0.6) is 0 Å². The molecule has 2 aliphatic rings. The SMILES string of the molecule is COC(=O)N(c1ccc(-c2ccc(C3CCC(CC(=O)O)CC3)cc2)nc1)C1CCOCC1. The van der Waals surface area contributed by atoms with E-state index >= 15 is 0 Å². The number of hydrogen-bond acceptors (Lipinski definition) is 5. The van der Waals surface area contributed by atoms with Gasteiger partial charge in [-0.05, 0) is 68.1 Å². The highest BCUT2D eigenvalue weighted by molar-refractivity contribution is 5.88. The summed E-state index contributed by atoms with van der Waals surface area (Å²) in [5, 5.41) is 9.00. The molecule has 4 rings (SSSR count). The topological polar surface area (TPSA) is 89.0 Å². The number of nitrogens with zero attached hydrogens (tertiary/aromatic N) is 2. The third-order valence-corrected chi connectivity index (χ3v) is 6.94. The lowest BCUT2D eigenvalue weighted by molar-refractivity contribution is -0.138. The number of carboxylic acids is 1. The molecule has 2 heterocycles. The minimum atomic E-state index is -0.691. The number of rotatable bonds is 6. The van der Waals surface area contributed by atoms with Crippen molar-refractivity contribution >= 4 is 17.7 Å². The van der Waals surface area contributed by atoms with Gasteiger partial charge in [0.25, 0.3) is 0 Å². The Kier molecular flexibility index (Phi) is 7.60. The molecule has 0 unspecified atom stereocenters. The molecular weight excluding hydrogens is 420 g/mol. The fourth-order valence-electron chi connectivity index (χ4n) is 5.08. The van der Waals surface area contributed by atoms with Gasteiger partial charge in [0.15, 0.2) is 0 Å². The summed E-state index contributed by atoms with van der Waals surface area (Å²) in [6.07, 6.45) is 7.23. The van der Waals surface area contributed by atoms with E-state index in [1.165, 1.54) is 12.7 Å². The number of pyridine rings is 1. The lowest BCUT2D eigenvalue weighted by atomic mass is 9.77. The zero-order chi connectivity index (χ0) is 23.2. The van der Waals surface area contributed by atoms with Gasteiger partial charge in [0.05, 0.1) is 24.7 Å². The minimum absolute atomic E-state index is 0.0451. The summed E-state index contributed by atoms with van der Waals surface area (Å²) in [7, 11) is 1.40. The van der Waals surface area contributed by atoms with Crippen LogP contribution in [-0.2, 0) is 14.3 Å². The van der Waals surface area contributed by atoms with E-state index in [0.29, 0.717) is 25.0 Å². The Morgan fingerprint density at radius 1 is 1.03 bits per heavy atom. The first-order valence-electron chi connectivity index (χ1n) is 11.8. The van der Waals surface area contributed by atoms with Crippen LogP contribution in [0.4, 0.5) is 10.5 Å². The molecule has 1 amide bonds. The normalized spacial score (nSPS) is 21.4. The van der Waals surface area contributed by atoms with Gasteiger partial charge in [-0.3, -0.25) is 14.7 Å². The van der Waals surface area contributed by atoms with Crippen molar-refractivity contribution in [3.05, 3.63) is 48.2 Å². The lowest BCUT2D eigenvalue weighted by Crippen LogP contribution is -2.43. The molecule has 0 radical (unpaired) electrons. The summed E-state index contributed by atoms with van der Waals surface area (Å²) in [5.41, 5.74) is 3.92. The average Bonchev–Trinajstić information content (AvgIpc) is 2.85. The fourth-order valence-corrected chi connectivity index (χ4v) is 5.08. The van der Waals surface area contributed by atoms with Crippen LogP contribution in [-0.4, -0.2) is 48.5 Å². The highest BCUT2D eigenvalue weighted by Crippen LogP contribution is 2.37. The predicted octanol–water partition coefficient (Wildman–Crippen LogP) is 5.25. The second-order valence-electron chi connectivity index (χ2n) is 9.02. The fraction of sp³-hybridized carbons (Fsp3) is 0.500. The van der Waals surface area contributed by atoms with Crippen LogP contribution in [0.15, 0.2) is 42.6 Å². The number of aromatic nitrogens is 1. The minimum Gasteiger partial charge on any atom is -0.481 e. The van der Waals surface area contributed by atoms with Crippen molar-refractivity contribution in [1.82, 2.24) is 4.98 Å². The molecule has 1 saturated heterocycles. The highest BCUT2D eigenvalue weighted by atomic mass is 16.5. The third kappa shape index (κ3) is 5.71. The molecule has 1 aromatic carbocycles. The smallest absolute Gasteiger partial charge is 0.414 e. The van der Waals surface area contributed by atoms with Gasteiger partial charge in [-0.1, -0.05) is 24.3 Å². The van der Waals surface area contributed by atoms with Gasteiger partial charge in [-0.25, -0.2) is 4.79 Å². The summed E-state index contributed by atoms with van der Waals surface area (Å²) >= 11 is 0. The Labute approximate surface area is 194 Å². The Morgan fingerprint density at radius 2 is 1.73 bits per heavy atom. The molecule has 7 nitrogen and oxygen atoms in total. The maximum absolute atomic E-state index is 12.4. The molecule has 0 spiro atoms. The number of hydrogen-bond donors (Lipinski definition) is 1. The van der Waals surface area contributed by atoms with E-state index in [-0.39, 0.29) is 18.6 Å². The molecule has 0 bridgehead atoms. The van der Waals surface area contributed by atoms with Gasteiger partial charge >= 0.3 is 12.1 Å². The van der Waals surface area contributed by atoms with Crippen molar-refractivity contribution < 1.29 is 24.2 Å². The van der Waals surface area contributed by atoms with Crippen LogP contribution in [0, 0.1) is 5.92 Å². The van der Waals surface area contributed by atoms with E-state index in [1.54, 1.807) is 11.1 Å². The number of carboxylic acid groups (broad SMARTS) is 1. The number of carbonyl (C=O) groups excluding carboxylic acids is 1. The van der Waals surface area contributed by atoms with Crippen LogP contribution in [0.25, 0.3) is 11.3 Å². The predicted molar refractivity (Wildman–Crippen MR) is 125 cm³/mol. The third-order valence-electron chi connectivity index (χ3n) is 6.94. The summed E-state index contributed by atoms with van der Waals surface area (Å²) in [5.74, 6) is 0.114. The average molecular weight is 453 g/mol. The van der Waals surface area contributed by atoms with E-state index in [9.17, 15) is 9.59 Å². The number of anilines is 1. The molecule has 176 valence electrons. The van der Waals surface area contributed by atoms with Gasteiger partial charge in [0, 0.05) is 31.2 Å². The molecule has 2 aromatic rings. The molecule has 0 atom stereocenters. The number of amides is 1. The molecule has 33 heavy (non-hydrogen) atoms. The van der Waals surface area contributed by atoms with Crippen LogP contribution in [0.2, 0.25) is 0 Å². The molecule has 1 saturated carbocycles. The zero-order valence-corrected chi connectivity index (χ0v) is 19.1. The maximum atomic E-state index is 12.4. The van der Waals surface area contributed by atoms with Crippen molar-refractivity contribution in [1.29, 1.82) is 0 Å². The van der Waals surface area contributed by atoms with Crippen LogP contribution in [0.1, 0.15) is 56.4 Å². The zero-order valence-electron chi connectivity index (χ0n) is 19.1. The Hall–Kier alpha value is -2.93. The number of aliphatic carboxylic acids is 1. The summed E-state index contributed by atoms with van der Waals surface area (Å²) in [6.45, 7) is 1.27. The first kappa shape index (κ1) is 23.2. The number of benzene rings is 1. The number of carbonyl (C=O) groups is 2. The molecule has 1 aliphatic heterocycles. The quantitative estimate of drug-likeness (QED) is 0.644. The number of methoxy groups -OCH3 is 1. The first-order chi connectivity index (χ1) is 16.0. The van der Waals surface area contributed by atoms with Gasteiger partial charge in [-0.2, -0.15) is 0 Å². The van der Waals surface area contributed by atoms with Crippen molar-refractivity contribution in [2.45, 2.75) is 56.9 Å². The van der Waals surface area contributed by atoms with Crippen LogP contribution in [0.3, 0.4) is 0 Å². The second kappa shape index (κ2) is 10.8. The van der Waals surface area contributed by atoms with Crippen molar-refractivity contribution in [2.24, 2.45) is 5.92 Å². The van der Waals surface area contributed by atoms with E-state index in [0.717, 1.165) is 55.5 Å². The first-order valence-corrected chi connectivity index (χ1v) is 11.8. The molecule has 2 fully saturated rings. The van der Waals surface area contributed by atoms with E-state index in [2.05, 4.69) is 29.2 Å². The molecular formula is C26H32N2O5. The van der Waals surface area contributed by atoms with Crippen LogP contribution >= 0.6 is 0 Å². The largest absolute Gasteiger partial charge is 0.481 e. The summed E-state index contributed by atoms with van der Waals surface area (Å²) in [6, 6.07) is 12.4. The molecule has 1 aromatic heterocycles. The van der Waals surface area contributed by atoms with Gasteiger partial charge in [-0.15, -0.1) is 0 Å². The second-order valence-corrected chi connectivity index (χ2v) is 9.02. The Bertz CT molecular complexity index is 930. The van der Waals surface area contributed by atoms with E-state index < -0.39 is 5.97 Å². The molecule has 1 aliphatic carbocycles. The molecule has 7 heteroatoms. The van der Waals surface area contributed by atoms with Gasteiger partial charge < -0.3 is 14.6 Å². The number of ether oxygens (including phenoxy) is 2. The highest BCUT2D eigenvalue weighted by Gasteiger charge is 2.28. The van der Waals surface area contributed by atoms with Gasteiger partial charge in [0.2, 0.25) is 0 Å². The molecule has 1 N–H and O–H groups in total. The standard InChI is InChI=1S/C26H32N2O5/c1-32-26(31)28(22-12-14-33-15-13-22)23-10-11-24(27-17-23)21-8-6-20(7-9-21)19-4-2-18(3-5-19)16-25(29)30/h6-11,17-19,22H,2-5,12-16H2,1H3,(H,29,30). The lowest BCUT2D eigenvalue weighted by Gasteiger charge is -2.33. The van der Waals surface area contributed by atoms with Gasteiger partial charge in [0.1, 0.15) is 0 Å². The van der Waals surface area contributed by atoms with Crippen LogP contribution < -0.4 is 4.90 Å². The van der Waals surface area contributed by atoms with E-state index in [1.807, 2.05) is 12.1 Å². The van der Waals surface area contributed by atoms with Crippen molar-refractivity contribution in [2.75, 3.05) is 25.2 Å². The van der Waals surface area contributed by atoms with Crippen molar-refractivity contribution in [3.8, 4) is 11.3 Å². The monoisotopic (exact) mass is 452 g/mol. The maximum Gasteiger partial charge on any atom is 0.414 e. The van der Waals surface area contributed by atoms with E-state index in [4.69, 9.17) is 14.6 Å². The Morgan fingerprint density at radius 3 is 2.30 bits per heavy atom. The van der Waals surface area contributed by atoms with Crippen molar-refractivity contribution in [3.63, 3.8) is 0 Å².